The first-order valence-corrected chi connectivity index (χ1v) is 5.98. The van der Waals surface area contributed by atoms with Gasteiger partial charge >= 0.3 is 0 Å². The van der Waals surface area contributed by atoms with Crippen molar-refractivity contribution in [3.63, 3.8) is 0 Å². The van der Waals surface area contributed by atoms with E-state index in [4.69, 9.17) is 17.3 Å². The molecule has 0 aromatic heterocycles. The van der Waals surface area contributed by atoms with Gasteiger partial charge in [-0.05, 0) is 42.3 Å². The van der Waals surface area contributed by atoms with E-state index in [0.29, 0.717) is 6.54 Å². The Bertz CT molecular complexity index is 570. The van der Waals surface area contributed by atoms with Gasteiger partial charge in [0, 0.05) is 17.9 Å². The van der Waals surface area contributed by atoms with Crippen molar-refractivity contribution >= 4 is 23.0 Å². The fraction of sp³-hybridized carbons (Fsp3) is 0.143. The quantitative estimate of drug-likeness (QED) is 0.823. The second-order valence-corrected chi connectivity index (χ2v) is 4.53. The molecule has 0 heterocycles. The maximum absolute atomic E-state index is 13.0. The van der Waals surface area contributed by atoms with Gasteiger partial charge in [-0.1, -0.05) is 23.7 Å². The van der Waals surface area contributed by atoms with Gasteiger partial charge in [0.05, 0.1) is 5.02 Å². The minimum atomic E-state index is -0.402. The van der Waals surface area contributed by atoms with Crippen molar-refractivity contribution in [3.8, 4) is 0 Å². The van der Waals surface area contributed by atoms with Crippen molar-refractivity contribution in [1.29, 1.82) is 0 Å². The maximum atomic E-state index is 13.0. The minimum Gasteiger partial charge on any atom is -0.398 e. The third kappa shape index (κ3) is 2.74. The Hall–Kier alpha value is -1.74. The number of nitrogen functional groups attached to an aromatic ring is 1. The molecule has 2 aromatic carbocycles. The largest absolute Gasteiger partial charge is 0.398 e. The van der Waals surface area contributed by atoms with E-state index in [1.54, 1.807) is 12.1 Å². The third-order valence-corrected chi connectivity index (χ3v) is 3.13. The van der Waals surface area contributed by atoms with Gasteiger partial charge in [0.2, 0.25) is 0 Å². The summed E-state index contributed by atoms with van der Waals surface area (Å²) < 4.78 is 13.0. The van der Waals surface area contributed by atoms with Crippen LogP contribution >= 0.6 is 11.6 Å². The zero-order valence-corrected chi connectivity index (χ0v) is 10.8. The molecule has 0 fully saturated rings. The lowest BCUT2D eigenvalue weighted by molar-refractivity contribution is 0.627. The molecule has 0 radical (unpaired) electrons. The molecule has 18 heavy (non-hydrogen) atoms. The number of hydrogen-bond donors (Lipinski definition) is 2. The molecule has 0 saturated carbocycles. The Morgan fingerprint density at radius 3 is 2.78 bits per heavy atom. The molecule has 3 N–H and O–H groups in total. The third-order valence-electron chi connectivity index (χ3n) is 2.84. The molecule has 2 nitrogen and oxygen atoms in total. The number of anilines is 2. The summed E-state index contributed by atoms with van der Waals surface area (Å²) >= 11 is 5.73. The predicted octanol–water partition coefficient (Wildman–Crippen LogP) is 3.98. The van der Waals surface area contributed by atoms with Gasteiger partial charge in [-0.3, -0.25) is 0 Å². The highest BCUT2D eigenvalue weighted by molar-refractivity contribution is 6.30. The van der Waals surface area contributed by atoms with Gasteiger partial charge < -0.3 is 11.1 Å². The Morgan fingerprint density at radius 1 is 1.28 bits per heavy atom. The van der Waals surface area contributed by atoms with E-state index in [2.05, 4.69) is 5.32 Å². The summed E-state index contributed by atoms with van der Waals surface area (Å²) in [5, 5.41) is 3.39. The van der Waals surface area contributed by atoms with E-state index in [9.17, 15) is 4.39 Å². The van der Waals surface area contributed by atoms with E-state index < -0.39 is 5.82 Å². The molecule has 0 bridgehead atoms. The SMILES string of the molecule is Cc1c(N)cccc1NCc1ccc(F)c(Cl)c1. The summed E-state index contributed by atoms with van der Waals surface area (Å²) in [6, 6.07) is 10.4. The number of halogens is 2. The zero-order chi connectivity index (χ0) is 13.1. The first-order chi connectivity index (χ1) is 8.58. The molecule has 0 aliphatic heterocycles. The predicted molar refractivity (Wildman–Crippen MR) is 74.3 cm³/mol. The standard InChI is InChI=1S/C14H14ClFN2/c1-9-13(17)3-2-4-14(9)18-8-10-5-6-12(16)11(15)7-10/h2-7,18H,8,17H2,1H3. The summed E-state index contributed by atoms with van der Waals surface area (Å²) in [6.07, 6.45) is 0. The summed E-state index contributed by atoms with van der Waals surface area (Å²) in [7, 11) is 0. The zero-order valence-electron chi connectivity index (χ0n) is 10.0. The van der Waals surface area contributed by atoms with Crippen LogP contribution in [0.4, 0.5) is 15.8 Å². The van der Waals surface area contributed by atoms with Gasteiger partial charge in [0.1, 0.15) is 5.82 Å². The summed E-state index contributed by atoms with van der Waals surface area (Å²) in [5.41, 5.74) is 9.46. The summed E-state index contributed by atoms with van der Waals surface area (Å²) in [5.74, 6) is -0.402. The molecular weight excluding hydrogens is 251 g/mol. The smallest absolute Gasteiger partial charge is 0.141 e. The number of nitrogens with one attached hydrogen (secondary N) is 1. The Balaban J connectivity index is 2.11. The average molecular weight is 265 g/mol. The normalized spacial score (nSPS) is 10.4. The van der Waals surface area contributed by atoms with Crippen LogP contribution in [0.5, 0.6) is 0 Å². The molecule has 0 atom stereocenters. The Labute approximate surface area is 111 Å². The van der Waals surface area contributed by atoms with Gasteiger partial charge in [-0.2, -0.15) is 0 Å². The topological polar surface area (TPSA) is 38.0 Å². The lowest BCUT2D eigenvalue weighted by atomic mass is 10.1. The molecular formula is C14H14ClFN2. The summed E-state index contributed by atoms with van der Waals surface area (Å²) in [6.45, 7) is 2.53. The van der Waals surface area contributed by atoms with Crippen molar-refractivity contribution in [2.45, 2.75) is 13.5 Å². The van der Waals surface area contributed by atoms with E-state index >= 15 is 0 Å². The van der Waals surface area contributed by atoms with Crippen molar-refractivity contribution in [1.82, 2.24) is 0 Å². The molecule has 0 aliphatic carbocycles. The monoisotopic (exact) mass is 264 g/mol. The first-order valence-electron chi connectivity index (χ1n) is 5.61. The van der Waals surface area contributed by atoms with Crippen LogP contribution in [-0.4, -0.2) is 0 Å². The number of hydrogen-bond acceptors (Lipinski definition) is 2. The molecule has 0 spiro atoms. The molecule has 0 amide bonds. The van der Waals surface area contributed by atoms with Gasteiger partial charge in [0.15, 0.2) is 0 Å². The molecule has 0 aliphatic rings. The van der Waals surface area contributed by atoms with Crippen LogP contribution in [0.3, 0.4) is 0 Å². The van der Waals surface area contributed by atoms with Crippen molar-refractivity contribution in [3.05, 3.63) is 58.4 Å². The highest BCUT2D eigenvalue weighted by Crippen LogP contribution is 2.22. The van der Waals surface area contributed by atoms with Crippen LogP contribution in [0.15, 0.2) is 36.4 Å². The van der Waals surface area contributed by atoms with E-state index in [-0.39, 0.29) is 5.02 Å². The lowest BCUT2D eigenvalue weighted by Gasteiger charge is -2.11. The minimum absolute atomic E-state index is 0.138. The second-order valence-electron chi connectivity index (χ2n) is 4.12. The molecule has 0 saturated heterocycles. The van der Waals surface area contributed by atoms with Crippen LogP contribution in [0, 0.1) is 12.7 Å². The van der Waals surface area contributed by atoms with E-state index in [0.717, 1.165) is 22.5 Å². The Morgan fingerprint density at radius 2 is 2.06 bits per heavy atom. The first kappa shape index (κ1) is 12.7. The lowest BCUT2D eigenvalue weighted by Crippen LogP contribution is -2.02. The molecule has 2 rings (SSSR count). The molecule has 4 heteroatoms. The highest BCUT2D eigenvalue weighted by atomic mass is 35.5. The van der Waals surface area contributed by atoms with Gasteiger partial charge in [0.25, 0.3) is 0 Å². The fourth-order valence-corrected chi connectivity index (χ4v) is 1.90. The van der Waals surface area contributed by atoms with Crippen molar-refractivity contribution in [2.75, 3.05) is 11.1 Å². The molecule has 2 aromatic rings. The van der Waals surface area contributed by atoms with E-state index in [1.165, 1.54) is 6.07 Å². The molecule has 0 unspecified atom stereocenters. The van der Waals surface area contributed by atoms with Crippen LogP contribution in [0.2, 0.25) is 5.02 Å². The van der Waals surface area contributed by atoms with Gasteiger partial charge in [-0.25, -0.2) is 4.39 Å². The maximum Gasteiger partial charge on any atom is 0.141 e. The van der Waals surface area contributed by atoms with Crippen LogP contribution in [0.25, 0.3) is 0 Å². The Kier molecular flexibility index (Phi) is 3.72. The summed E-state index contributed by atoms with van der Waals surface area (Å²) in [4.78, 5) is 0. The highest BCUT2D eigenvalue weighted by Gasteiger charge is 2.03. The van der Waals surface area contributed by atoms with Crippen molar-refractivity contribution < 1.29 is 4.39 Å². The number of benzene rings is 2. The average Bonchev–Trinajstić information content (AvgIpc) is 2.35. The van der Waals surface area contributed by atoms with Crippen LogP contribution in [-0.2, 0) is 6.54 Å². The second kappa shape index (κ2) is 5.27. The van der Waals surface area contributed by atoms with E-state index in [1.807, 2.05) is 25.1 Å². The number of nitrogens with two attached hydrogens (primary N) is 1. The van der Waals surface area contributed by atoms with Crippen LogP contribution in [0.1, 0.15) is 11.1 Å². The molecule has 94 valence electrons. The van der Waals surface area contributed by atoms with Crippen LogP contribution < -0.4 is 11.1 Å². The van der Waals surface area contributed by atoms with Gasteiger partial charge in [-0.15, -0.1) is 0 Å². The fourth-order valence-electron chi connectivity index (χ4n) is 1.69. The van der Waals surface area contributed by atoms with Crippen molar-refractivity contribution in [2.24, 2.45) is 0 Å². The number of rotatable bonds is 3.